The quantitative estimate of drug-likeness (QED) is 0.771. The lowest BCUT2D eigenvalue weighted by Crippen LogP contribution is -2.38. The lowest BCUT2D eigenvalue weighted by molar-refractivity contribution is -0.136. The van der Waals surface area contributed by atoms with E-state index in [0.717, 1.165) is 16.9 Å². The first-order valence-electron chi connectivity index (χ1n) is 8.25. The first-order valence-corrected chi connectivity index (χ1v) is 8.25. The lowest BCUT2D eigenvalue weighted by atomic mass is 10.0. The number of methoxy groups -OCH3 is 1. The topological polar surface area (TPSA) is 73.7 Å². The Labute approximate surface area is 146 Å². The van der Waals surface area contributed by atoms with Crippen molar-refractivity contribution in [1.82, 2.24) is 14.7 Å². The second kappa shape index (κ2) is 7.48. The van der Waals surface area contributed by atoms with Gasteiger partial charge in [0, 0.05) is 32.2 Å². The molecule has 0 aliphatic carbocycles. The summed E-state index contributed by atoms with van der Waals surface area (Å²) in [6.07, 6.45) is 0.617. The second-order valence-corrected chi connectivity index (χ2v) is 5.74. The Morgan fingerprint density at radius 2 is 2.00 bits per heavy atom. The average molecular weight is 343 g/mol. The molecule has 132 valence electrons. The Morgan fingerprint density at radius 3 is 2.68 bits per heavy atom. The minimum absolute atomic E-state index is 0.0247. The molecule has 0 unspecified atom stereocenters. The summed E-state index contributed by atoms with van der Waals surface area (Å²) in [7, 11) is 1.49. The van der Waals surface area contributed by atoms with Crippen molar-refractivity contribution in [2.45, 2.75) is 19.9 Å². The van der Waals surface area contributed by atoms with Crippen LogP contribution in [0.1, 0.15) is 28.7 Å². The molecule has 2 heterocycles. The molecule has 2 aromatic rings. The molecule has 1 aromatic carbocycles. The third-order valence-corrected chi connectivity index (χ3v) is 4.15. The number of hydrogen-bond donors (Lipinski definition) is 0. The van der Waals surface area contributed by atoms with Gasteiger partial charge in [0.05, 0.1) is 18.0 Å². The number of carbonyl (C=O) groups is 2. The molecule has 0 bridgehead atoms. The van der Waals surface area contributed by atoms with E-state index in [2.05, 4.69) is 5.10 Å². The van der Waals surface area contributed by atoms with Crippen LogP contribution < -0.4 is 0 Å². The van der Waals surface area contributed by atoms with E-state index in [9.17, 15) is 9.59 Å². The second-order valence-electron chi connectivity index (χ2n) is 5.74. The van der Waals surface area contributed by atoms with Crippen LogP contribution in [0.5, 0.6) is 0 Å². The van der Waals surface area contributed by atoms with Gasteiger partial charge < -0.3 is 14.4 Å². The highest BCUT2D eigenvalue weighted by atomic mass is 16.5. The molecule has 1 amide bonds. The summed E-state index contributed by atoms with van der Waals surface area (Å²) in [5.41, 5.74) is 2.84. The fourth-order valence-electron chi connectivity index (χ4n) is 2.99. The molecule has 0 saturated heterocycles. The smallest absolute Gasteiger partial charge is 0.359 e. The van der Waals surface area contributed by atoms with Gasteiger partial charge in [-0.25, -0.2) is 9.48 Å². The summed E-state index contributed by atoms with van der Waals surface area (Å²) in [4.78, 5) is 26.2. The van der Waals surface area contributed by atoms with Gasteiger partial charge in [0.2, 0.25) is 5.91 Å². The van der Waals surface area contributed by atoms with E-state index in [0.29, 0.717) is 19.5 Å². The maximum atomic E-state index is 12.3. The van der Waals surface area contributed by atoms with Crippen molar-refractivity contribution in [3.8, 4) is 5.69 Å². The molecule has 7 nitrogen and oxygen atoms in total. The van der Waals surface area contributed by atoms with Crippen LogP contribution in [-0.4, -0.2) is 53.4 Å². The van der Waals surface area contributed by atoms with E-state index in [1.165, 1.54) is 7.11 Å². The number of amides is 1. The number of hydrogen-bond acceptors (Lipinski definition) is 5. The van der Waals surface area contributed by atoms with E-state index < -0.39 is 5.97 Å². The molecule has 25 heavy (non-hydrogen) atoms. The fourth-order valence-corrected chi connectivity index (χ4v) is 2.99. The van der Waals surface area contributed by atoms with Gasteiger partial charge in [0.25, 0.3) is 0 Å². The summed E-state index contributed by atoms with van der Waals surface area (Å²) < 4.78 is 11.9. The summed E-state index contributed by atoms with van der Waals surface area (Å²) >= 11 is 0. The molecule has 0 atom stereocenters. The highest BCUT2D eigenvalue weighted by Gasteiger charge is 2.31. The van der Waals surface area contributed by atoms with E-state index in [-0.39, 0.29) is 24.8 Å². The molecule has 3 rings (SSSR count). The summed E-state index contributed by atoms with van der Waals surface area (Å²) in [5.74, 6) is -0.565. The third-order valence-electron chi connectivity index (χ3n) is 4.15. The van der Waals surface area contributed by atoms with Crippen LogP contribution in [0.25, 0.3) is 5.69 Å². The van der Waals surface area contributed by atoms with Crippen molar-refractivity contribution in [2.75, 3.05) is 26.9 Å². The maximum absolute atomic E-state index is 12.3. The minimum Gasteiger partial charge on any atom is -0.461 e. The van der Waals surface area contributed by atoms with Crippen LogP contribution in [0, 0.1) is 0 Å². The highest BCUT2D eigenvalue weighted by molar-refractivity contribution is 5.90. The molecule has 7 heteroatoms. The summed E-state index contributed by atoms with van der Waals surface area (Å²) in [5, 5.41) is 4.49. The Bertz CT molecular complexity index is 770. The third kappa shape index (κ3) is 3.41. The minimum atomic E-state index is -0.463. The van der Waals surface area contributed by atoms with Gasteiger partial charge in [-0.3, -0.25) is 4.79 Å². The van der Waals surface area contributed by atoms with E-state index in [1.807, 2.05) is 30.3 Å². The Hall–Kier alpha value is -2.67. The summed E-state index contributed by atoms with van der Waals surface area (Å²) in [6, 6.07) is 9.64. The van der Waals surface area contributed by atoms with E-state index >= 15 is 0 Å². The van der Waals surface area contributed by atoms with Crippen molar-refractivity contribution >= 4 is 11.9 Å². The Balaban J connectivity index is 2.01. The van der Waals surface area contributed by atoms with Crippen LogP contribution >= 0.6 is 0 Å². The first kappa shape index (κ1) is 17.2. The number of aromatic nitrogens is 2. The van der Waals surface area contributed by atoms with Gasteiger partial charge in [-0.1, -0.05) is 18.2 Å². The predicted molar refractivity (Wildman–Crippen MR) is 90.5 cm³/mol. The van der Waals surface area contributed by atoms with Crippen molar-refractivity contribution in [3.63, 3.8) is 0 Å². The monoisotopic (exact) mass is 343 g/mol. The van der Waals surface area contributed by atoms with E-state index in [4.69, 9.17) is 9.47 Å². The SMILES string of the molecule is CCOC(=O)c1nn(-c2ccccc2)c2c1CN(C(=O)COC)CC2. The molecule has 1 aromatic heterocycles. The van der Waals surface area contributed by atoms with Crippen LogP contribution in [0.4, 0.5) is 0 Å². The number of fused-ring (bicyclic) bond motifs is 1. The predicted octanol–water partition coefficient (Wildman–Crippen LogP) is 1.58. The largest absolute Gasteiger partial charge is 0.461 e. The zero-order valence-electron chi connectivity index (χ0n) is 14.4. The molecule has 0 N–H and O–H groups in total. The fraction of sp³-hybridized carbons (Fsp3) is 0.389. The van der Waals surface area contributed by atoms with E-state index in [1.54, 1.807) is 16.5 Å². The summed E-state index contributed by atoms with van der Waals surface area (Å²) in [6.45, 7) is 2.95. The normalized spacial score (nSPS) is 13.4. The van der Waals surface area contributed by atoms with Crippen molar-refractivity contribution in [1.29, 1.82) is 0 Å². The zero-order chi connectivity index (χ0) is 17.8. The van der Waals surface area contributed by atoms with Gasteiger partial charge in [0.1, 0.15) is 6.61 Å². The number of nitrogens with zero attached hydrogens (tertiary/aromatic N) is 3. The molecule has 0 saturated carbocycles. The molecular weight excluding hydrogens is 322 g/mol. The molecule has 1 aliphatic heterocycles. The van der Waals surface area contributed by atoms with Gasteiger partial charge in [-0.05, 0) is 19.1 Å². The van der Waals surface area contributed by atoms with Crippen molar-refractivity contribution < 1.29 is 19.1 Å². The van der Waals surface area contributed by atoms with Gasteiger partial charge in [-0.15, -0.1) is 0 Å². The molecule has 0 radical (unpaired) electrons. The number of ether oxygens (including phenoxy) is 2. The molecular formula is C18H21N3O4. The molecule has 0 spiro atoms. The standard InChI is InChI=1S/C18H21N3O4/c1-3-25-18(23)17-14-11-20(16(22)12-24-2)10-9-15(14)21(19-17)13-7-5-4-6-8-13/h4-8H,3,9-12H2,1-2H3. The van der Waals surface area contributed by atoms with Gasteiger partial charge in [-0.2, -0.15) is 5.10 Å². The first-order chi connectivity index (χ1) is 12.2. The maximum Gasteiger partial charge on any atom is 0.359 e. The van der Waals surface area contributed by atoms with Gasteiger partial charge >= 0.3 is 5.97 Å². The highest BCUT2D eigenvalue weighted by Crippen LogP contribution is 2.26. The van der Waals surface area contributed by atoms with Crippen molar-refractivity contribution in [2.24, 2.45) is 0 Å². The van der Waals surface area contributed by atoms with Crippen molar-refractivity contribution in [3.05, 3.63) is 47.3 Å². The number of esters is 1. The number of benzene rings is 1. The van der Waals surface area contributed by atoms with Crippen LogP contribution in [-0.2, 0) is 27.2 Å². The Morgan fingerprint density at radius 1 is 1.24 bits per heavy atom. The zero-order valence-corrected chi connectivity index (χ0v) is 14.4. The van der Waals surface area contributed by atoms with Gasteiger partial charge in [0.15, 0.2) is 5.69 Å². The lowest BCUT2D eigenvalue weighted by Gasteiger charge is -2.27. The average Bonchev–Trinajstić information content (AvgIpc) is 3.02. The number of carbonyl (C=O) groups excluding carboxylic acids is 2. The number of para-hydroxylation sites is 1. The van der Waals surface area contributed by atoms with Crippen LogP contribution in [0.15, 0.2) is 30.3 Å². The number of rotatable bonds is 5. The van der Waals surface area contributed by atoms with Crippen LogP contribution in [0.3, 0.4) is 0 Å². The van der Waals surface area contributed by atoms with Crippen LogP contribution in [0.2, 0.25) is 0 Å². The molecule has 1 aliphatic rings. The molecule has 0 fully saturated rings. The Kier molecular flexibility index (Phi) is 5.14.